The fourth-order valence-corrected chi connectivity index (χ4v) is 2.39. The predicted molar refractivity (Wildman–Crippen MR) is 93.7 cm³/mol. The van der Waals surface area contributed by atoms with Gasteiger partial charge in [-0.2, -0.15) is 0 Å². The van der Waals surface area contributed by atoms with Crippen molar-refractivity contribution < 1.29 is 23.9 Å². The van der Waals surface area contributed by atoms with Crippen LogP contribution in [-0.4, -0.2) is 30.5 Å². The SMILES string of the molecule is CCCCC[C@@H](NC(C)=O)C(=O)O[C@H](C(=O)OCC)c1ccccc1. The van der Waals surface area contributed by atoms with E-state index in [2.05, 4.69) is 12.2 Å². The Balaban J connectivity index is 2.89. The Morgan fingerprint density at radius 1 is 1.04 bits per heavy atom. The van der Waals surface area contributed by atoms with E-state index in [9.17, 15) is 14.4 Å². The van der Waals surface area contributed by atoms with Crippen molar-refractivity contribution >= 4 is 17.8 Å². The molecule has 1 amide bonds. The summed E-state index contributed by atoms with van der Waals surface area (Å²) in [7, 11) is 0. The third-order valence-electron chi connectivity index (χ3n) is 3.60. The molecule has 1 rings (SSSR count). The molecule has 0 saturated carbocycles. The number of rotatable bonds is 10. The van der Waals surface area contributed by atoms with Crippen LogP contribution in [0.25, 0.3) is 0 Å². The zero-order valence-electron chi connectivity index (χ0n) is 15.1. The summed E-state index contributed by atoms with van der Waals surface area (Å²) in [6.45, 7) is 5.27. The Kier molecular flexibility index (Phi) is 9.29. The van der Waals surface area contributed by atoms with E-state index in [0.29, 0.717) is 12.0 Å². The number of amides is 1. The van der Waals surface area contributed by atoms with Gasteiger partial charge in [-0.3, -0.25) is 4.79 Å². The Bertz CT molecular complexity index is 558. The molecular formula is C19H27NO5. The molecule has 0 unspecified atom stereocenters. The van der Waals surface area contributed by atoms with E-state index in [4.69, 9.17) is 9.47 Å². The van der Waals surface area contributed by atoms with E-state index >= 15 is 0 Å². The molecule has 0 aromatic heterocycles. The Morgan fingerprint density at radius 3 is 2.28 bits per heavy atom. The second-order valence-corrected chi connectivity index (χ2v) is 5.73. The number of nitrogens with one attached hydrogen (secondary N) is 1. The van der Waals surface area contributed by atoms with E-state index in [0.717, 1.165) is 19.3 Å². The Labute approximate surface area is 148 Å². The van der Waals surface area contributed by atoms with Gasteiger partial charge in [0, 0.05) is 12.5 Å². The van der Waals surface area contributed by atoms with Crippen LogP contribution in [0, 0.1) is 0 Å². The van der Waals surface area contributed by atoms with Gasteiger partial charge < -0.3 is 14.8 Å². The van der Waals surface area contributed by atoms with Crippen LogP contribution in [-0.2, 0) is 23.9 Å². The van der Waals surface area contributed by atoms with Gasteiger partial charge in [0.2, 0.25) is 12.0 Å². The second-order valence-electron chi connectivity index (χ2n) is 5.73. The van der Waals surface area contributed by atoms with E-state index in [1.165, 1.54) is 6.92 Å². The summed E-state index contributed by atoms with van der Waals surface area (Å²) in [6.07, 6.45) is 2.06. The monoisotopic (exact) mass is 349 g/mol. The van der Waals surface area contributed by atoms with E-state index in [1.807, 2.05) is 0 Å². The van der Waals surface area contributed by atoms with Crippen LogP contribution in [0.1, 0.15) is 58.1 Å². The average Bonchev–Trinajstić information content (AvgIpc) is 2.59. The lowest BCUT2D eigenvalue weighted by atomic mass is 10.1. The van der Waals surface area contributed by atoms with Crippen LogP contribution in [0.5, 0.6) is 0 Å². The maximum absolute atomic E-state index is 12.5. The summed E-state index contributed by atoms with van der Waals surface area (Å²) >= 11 is 0. The quantitative estimate of drug-likeness (QED) is 0.519. The van der Waals surface area contributed by atoms with Crippen molar-refractivity contribution in [1.82, 2.24) is 5.32 Å². The minimum absolute atomic E-state index is 0.186. The topological polar surface area (TPSA) is 81.7 Å². The fraction of sp³-hybridized carbons (Fsp3) is 0.526. The van der Waals surface area contributed by atoms with Crippen LogP contribution in [0.4, 0.5) is 0 Å². The zero-order chi connectivity index (χ0) is 18.7. The van der Waals surface area contributed by atoms with Crippen LogP contribution >= 0.6 is 0 Å². The summed E-state index contributed by atoms with van der Waals surface area (Å²) < 4.78 is 10.4. The predicted octanol–water partition coefficient (Wildman–Crippen LogP) is 2.92. The first kappa shape index (κ1) is 20.7. The zero-order valence-corrected chi connectivity index (χ0v) is 15.1. The molecular weight excluding hydrogens is 322 g/mol. The Morgan fingerprint density at radius 2 is 1.72 bits per heavy atom. The number of unbranched alkanes of at least 4 members (excludes halogenated alkanes) is 2. The minimum Gasteiger partial charge on any atom is -0.463 e. The summed E-state index contributed by atoms with van der Waals surface area (Å²) in [6, 6.07) is 7.92. The molecule has 0 fully saturated rings. The van der Waals surface area contributed by atoms with Gasteiger partial charge in [0.1, 0.15) is 6.04 Å². The lowest BCUT2D eigenvalue weighted by molar-refractivity contribution is -0.170. The Hall–Kier alpha value is -2.37. The molecule has 0 aliphatic rings. The van der Waals surface area contributed by atoms with Crippen LogP contribution in [0.15, 0.2) is 30.3 Å². The molecule has 0 bridgehead atoms. The molecule has 0 radical (unpaired) electrons. The highest BCUT2D eigenvalue weighted by Gasteiger charge is 2.30. The van der Waals surface area contributed by atoms with Crippen molar-refractivity contribution in [2.45, 2.75) is 58.6 Å². The molecule has 0 saturated heterocycles. The molecule has 138 valence electrons. The maximum atomic E-state index is 12.5. The molecule has 25 heavy (non-hydrogen) atoms. The maximum Gasteiger partial charge on any atom is 0.352 e. The molecule has 1 aromatic carbocycles. The number of hydrogen-bond acceptors (Lipinski definition) is 5. The first-order valence-electron chi connectivity index (χ1n) is 8.68. The number of benzene rings is 1. The summed E-state index contributed by atoms with van der Waals surface area (Å²) in [5.74, 6) is -1.57. The first-order valence-corrected chi connectivity index (χ1v) is 8.68. The molecule has 2 atom stereocenters. The normalized spacial score (nSPS) is 12.8. The lowest BCUT2D eigenvalue weighted by Crippen LogP contribution is -2.42. The summed E-state index contributed by atoms with van der Waals surface area (Å²) in [4.78, 5) is 36.1. The van der Waals surface area contributed by atoms with Crippen molar-refractivity contribution in [3.8, 4) is 0 Å². The average molecular weight is 349 g/mol. The van der Waals surface area contributed by atoms with Gasteiger partial charge in [-0.15, -0.1) is 0 Å². The van der Waals surface area contributed by atoms with Crippen molar-refractivity contribution in [3.05, 3.63) is 35.9 Å². The second kappa shape index (κ2) is 11.2. The molecule has 1 N–H and O–H groups in total. The third kappa shape index (κ3) is 7.37. The van der Waals surface area contributed by atoms with Gasteiger partial charge in [0.15, 0.2) is 0 Å². The van der Waals surface area contributed by atoms with E-state index in [1.54, 1.807) is 37.3 Å². The molecule has 0 spiro atoms. The van der Waals surface area contributed by atoms with E-state index in [-0.39, 0.29) is 12.5 Å². The number of hydrogen-bond donors (Lipinski definition) is 1. The van der Waals surface area contributed by atoms with Gasteiger partial charge in [0.05, 0.1) is 6.61 Å². The highest BCUT2D eigenvalue weighted by Crippen LogP contribution is 2.20. The minimum atomic E-state index is -1.14. The summed E-state index contributed by atoms with van der Waals surface area (Å²) in [5, 5.41) is 2.60. The van der Waals surface area contributed by atoms with Crippen LogP contribution in [0.2, 0.25) is 0 Å². The molecule has 0 aliphatic heterocycles. The molecule has 6 heteroatoms. The molecule has 1 aromatic rings. The van der Waals surface area contributed by atoms with Gasteiger partial charge in [-0.05, 0) is 13.3 Å². The molecule has 0 aliphatic carbocycles. The van der Waals surface area contributed by atoms with Crippen LogP contribution < -0.4 is 5.32 Å². The molecule has 6 nitrogen and oxygen atoms in total. The smallest absolute Gasteiger partial charge is 0.352 e. The number of ether oxygens (including phenoxy) is 2. The van der Waals surface area contributed by atoms with Gasteiger partial charge in [-0.1, -0.05) is 56.5 Å². The van der Waals surface area contributed by atoms with Gasteiger partial charge in [-0.25, -0.2) is 9.59 Å². The van der Waals surface area contributed by atoms with Gasteiger partial charge >= 0.3 is 11.9 Å². The van der Waals surface area contributed by atoms with E-state index < -0.39 is 24.1 Å². The van der Waals surface area contributed by atoms with Crippen molar-refractivity contribution in [3.63, 3.8) is 0 Å². The fourth-order valence-electron chi connectivity index (χ4n) is 2.39. The van der Waals surface area contributed by atoms with Crippen molar-refractivity contribution in [1.29, 1.82) is 0 Å². The third-order valence-corrected chi connectivity index (χ3v) is 3.60. The highest BCUT2D eigenvalue weighted by molar-refractivity contribution is 5.86. The highest BCUT2D eigenvalue weighted by atomic mass is 16.6. The number of carbonyl (C=O) groups excluding carboxylic acids is 3. The lowest BCUT2D eigenvalue weighted by Gasteiger charge is -2.21. The molecule has 0 heterocycles. The largest absolute Gasteiger partial charge is 0.463 e. The first-order chi connectivity index (χ1) is 12.0. The standard InChI is InChI=1S/C19H27NO5/c1-4-6-8-13-16(20-14(3)21)18(22)25-17(19(23)24-5-2)15-11-9-7-10-12-15/h7,9-12,16-17H,4-6,8,13H2,1-3H3,(H,20,21)/t16-,17+/m1/s1. The van der Waals surface area contributed by atoms with Gasteiger partial charge in [0.25, 0.3) is 0 Å². The van der Waals surface area contributed by atoms with Crippen molar-refractivity contribution in [2.24, 2.45) is 0 Å². The number of carbonyl (C=O) groups is 3. The summed E-state index contributed by atoms with van der Waals surface area (Å²) in [5.41, 5.74) is 0.532. The van der Waals surface area contributed by atoms with Crippen LogP contribution in [0.3, 0.4) is 0 Å². The number of esters is 2. The van der Waals surface area contributed by atoms with Crippen molar-refractivity contribution in [2.75, 3.05) is 6.61 Å².